The number of amides is 1. The summed E-state index contributed by atoms with van der Waals surface area (Å²) in [5, 5.41) is 3.88. The normalized spacial score (nSPS) is 19.6. The molecule has 0 saturated carbocycles. The molecule has 5 heteroatoms. The van der Waals surface area contributed by atoms with Gasteiger partial charge in [0, 0.05) is 37.3 Å². The number of halogens is 1. The van der Waals surface area contributed by atoms with Gasteiger partial charge in [0.25, 0.3) is 5.91 Å². The van der Waals surface area contributed by atoms with E-state index in [9.17, 15) is 4.79 Å². The van der Waals surface area contributed by atoms with Gasteiger partial charge >= 0.3 is 0 Å². The van der Waals surface area contributed by atoms with Gasteiger partial charge in [0.15, 0.2) is 0 Å². The fraction of sp³-hybridized carbons (Fsp3) is 0.462. The molecular formula is C13H17ClN2O2. The highest BCUT2D eigenvalue weighted by Crippen LogP contribution is 2.11. The summed E-state index contributed by atoms with van der Waals surface area (Å²) in [6.45, 7) is 2.96. The van der Waals surface area contributed by atoms with Gasteiger partial charge in [-0.1, -0.05) is 11.6 Å². The van der Waals surface area contributed by atoms with Gasteiger partial charge < -0.3 is 15.0 Å². The second-order valence-corrected chi connectivity index (χ2v) is 4.83. The average molecular weight is 269 g/mol. The summed E-state index contributed by atoms with van der Waals surface area (Å²) in [7, 11) is 1.79. The first-order valence-electron chi connectivity index (χ1n) is 6.00. The summed E-state index contributed by atoms with van der Waals surface area (Å²) in [5.41, 5.74) is 0.644. The van der Waals surface area contributed by atoms with Crippen molar-refractivity contribution in [1.29, 1.82) is 0 Å². The van der Waals surface area contributed by atoms with Crippen LogP contribution in [0.3, 0.4) is 0 Å². The van der Waals surface area contributed by atoms with E-state index in [4.69, 9.17) is 16.3 Å². The zero-order valence-corrected chi connectivity index (χ0v) is 11.1. The van der Waals surface area contributed by atoms with E-state index in [1.54, 1.807) is 36.2 Å². The van der Waals surface area contributed by atoms with Crippen LogP contribution in [-0.2, 0) is 4.74 Å². The van der Waals surface area contributed by atoms with E-state index >= 15 is 0 Å². The topological polar surface area (TPSA) is 41.6 Å². The first-order valence-corrected chi connectivity index (χ1v) is 6.38. The van der Waals surface area contributed by atoms with Crippen LogP contribution in [0.15, 0.2) is 24.3 Å². The number of hydrogen-bond acceptors (Lipinski definition) is 3. The summed E-state index contributed by atoms with van der Waals surface area (Å²) in [4.78, 5) is 13.8. The van der Waals surface area contributed by atoms with Crippen molar-refractivity contribution in [2.24, 2.45) is 0 Å². The maximum atomic E-state index is 12.1. The van der Waals surface area contributed by atoms with Crippen LogP contribution in [-0.4, -0.2) is 50.2 Å². The standard InChI is InChI=1S/C13H17ClN2O2/c1-16(9-12-8-15-6-7-18-12)13(17)10-2-4-11(14)5-3-10/h2-5,12,15H,6-9H2,1H3. The van der Waals surface area contributed by atoms with Crippen molar-refractivity contribution >= 4 is 17.5 Å². The molecule has 1 heterocycles. The molecule has 18 heavy (non-hydrogen) atoms. The van der Waals surface area contributed by atoms with Gasteiger partial charge in [0.2, 0.25) is 0 Å². The molecule has 1 unspecified atom stereocenters. The average Bonchev–Trinajstić information content (AvgIpc) is 2.40. The monoisotopic (exact) mass is 268 g/mol. The molecule has 1 saturated heterocycles. The number of carbonyl (C=O) groups excluding carboxylic acids is 1. The van der Waals surface area contributed by atoms with Crippen molar-refractivity contribution in [3.05, 3.63) is 34.9 Å². The quantitative estimate of drug-likeness (QED) is 0.901. The molecule has 1 aliphatic rings. The third kappa shape index (κ3) is 3.45. The summed E-state index contributed by atoms with van der Waals surface area (Å²) in [5.74, 6) is -0.0131. The van der Waals surface area contributed by atoms with Crippen LogP contribution in [0.1, 0.15) is 10.4 Å². The maximum absolute atomic E-state index is 12.1. The van der Waals surface area contributed by atoms with E-state index in [-0.39, 0.29) is 12.0 Å². The van der Waals surface area contributed by atoms with E-state index in [0.717, 1.165) is 13.1 Å². The summed E-state index contributed by atoms with van der Waals surface area (Å²) >= 11 is 5.80. The molecule has 1 amide bonds. The van der Waals surface area contributed by atoms with Crippen molar-refractivity contribution in [3.63, 3.8) is 0 Å². The smallest absolute Gasteiger partial charge is 0.253 e. The van der Waals surface area contributed by atoms with E-state index in [1.165, 1.54) is 0 Å². The number of nitrogens with one attached hydrogen (secondary N) is 1. The summed E-state index contributed by atoms with van der Waals surface area (Å²) in [6.07, 6.45) is 0.0694. The van der Waals surface area contributed by atoms with Gasteiger partial charge in [0.05, 0.1) is 12.7 Å². The zero-order valence-electron chi connectivity index (χ0n) is 10.4. The van der Waals surface area contributed by atoms with Crippen LogP contribution in [0, 0.1) is 0 Å². The Hall–Kier alpha value is -1.10. The Balaban J connectivity index is 1.93. The number of benzene rings is 1. The first-order chi connectivity index (χ1) is 8.66. The van der Waals surface area contributed by atoms with Gasteiger partial charge in [-0.15, -0.1) is 0 Å². The minimum absolute atomic E-state index is 0.0131. The van der Waals surface area contributed by atoms with Crippen LogP contribution in [0.2, 0.25) is 5.02 Å². The number of likely N-dealkylation sites (N-methyl/N-ethyl adjacent to an activating group) is 1. The molecule has 4 nitrogen and oxygen atoms in total. The molecule has 98 valence electrons. The van der Waals surface area contributed by atoms with Crippen LogP contribution in [0.25, 0.3) is 0 Å². The van der Waals surface area contributed by atoms with Crippen molar-refractivity contribution in [2.45, 2.75) is 6.10 Å². The largest absolute Gasteiger partial charge is 0.374 e. The van der Waals surface area contributed by atoms with E-state index in [0.29, 0.717) is 23.7 Å². The van der Waals surface area contributed by atoms with Gasteiger partial charge in [-0.3, -0.25) is 4.79 Å². The minimum Gasteiger partial charge on any atom is -0.374 e. The molecule has 0 spiro atoms. The van der Waals surface area contributed by atoms with Gasteiger partial charge in [-0.25, -0.2) is 0 Å². The first kappa shape index (κ1) is 13.3. The van der Waals surface area contributed by atoms with Crippen molar-refractivity contribution in [3.8, 4) is 0 Å². The highest BCUT2D eigenvalue weighted by molar-refractivity contribution is 6.30. The predicted molar refractivity (Wildman–Crippen MR) is 71.0 cm³/mol. The third-order valence-corrected chi connectivity index (χ3v) is 3.17. The fourth-order valence-corrected chi connectivity index (χ4v) is 2.06. The number of hydrogen-bond donors (Lipinski definition) is 1. The molecule has 0 bridgehead atoms. The van der Waals surface area contributed by atoms with Crippen LogP contribution in [0.4, 0.5) is 0 Å². The van der Waals surface area contributed by atoms with Gasteiger partial charge in [0.1, 0.15) is 0 Å². The molecule has 0 aromatic heterocycles. The summed E-state index contributed by atoms with van der Waals surface area (Å²) in [6, 6.07) is 6.92. The molecule has 1 aromatic carbocycles. The molecule has 0 radical (unpaired) electrons. The highest BCUT2D eigenvalue weighted by Gasteiger charge is 2.19. The maximum Gasteiger partial charge on any atom is 0.253 e. The number of ether oxygens (including phenoxy) is 1. The van der Waals surface area contributed by atoms with Crippen molar-refractivity contribution in [1.82, 2.24) is 10.2 Å². The van der Waals surface area contributed by atoms with Crippen LogP contribution >= 0.6 is 11.6 Å². The lowest BCUT2D eigenvalue weighted by Crippen LogP contribution is -2.45. The Labute approximate surface area is 112 Å². The molecule has 1 aliphatic heterocycles. The van der Waals surface area contributed by atoms with E-state index < -0.39 is 0 Å². The zero-order chi connectivity index (χ0) is 13.0. The van der Waals surface area contributed by atoms with Crippen molar-refractivity contribution < 1.29 is 9.53 Å². The second kappa shape index (κ2) is 6.18. The Morgan fingerprint density at radius 2 is 2.22 bits per heavy atom. The second-order valence-electron chi connectivity index (χ2n) is 4.39. The highest BCUT2D eigenvalue weighted by atomic mass is 35.5. The Bertz CT molecular complexity index is 402. The Morgan fingerprint density at radius 3 is 2.83 bits per heavy atom. The van der Waals surface area contributed by atoms with Gasteiger partial charge in [-0.2, -0.15) is 0 Å². The number of carbonyl (C=O) groups is 1. The van der Waals surface area contributed by atoms with Gasteiger partial charge in [-0.05, 0) is 24.3 Å². The lowest BCUT2D eigenvalue weighted by Gasteiger charge is -2.28. The van der Waals surface area contributed by atoms with E-state index in [1.807, 2.05) is 0 Å². The molecular weight excluding hydrogens is 252 g/mol. The lowest BCUT2D eigenvalue weighted by atomic mass is 10.2. The van der Waals surface area contributed by atoms with E-state index in [2.05, 4.69) is 5.32 Å². The minimum atomic E-state index is -0.0131. The molecule has 1 N–H and O–H groups in total. The molecule has 0 aliphatic carbocycles. The SMILES string of the molecule is CN(CC1CNCCO1)C(=O)c1ccc(Cl)cc1. The number of rotatable bonds is 3. The third-order valence-electron chi connectivity index (χ3n) is 2.92. The van der Waals surface area contributed by atoms with Crippen LogP contribution in [0.5, 0.6) is 0 Å². The van der Waals surface area contributed by atoms with Crippen molar-refractivity contribution in [2.75, 3.05) is 33.3 Å². The van der Waals surface area contributed by atoms with Crippen LogP contribution < -0.4 is 5.32 Å². The Kier molecular flexibility index (Phi) is 4.58. The molecule has 1 atom stereocenters. The predicted octanol–water partition coefficient (Wildman–Crippen LogP) is 1.40. The lowest BCUT2D eigenvalue weighted by molar-refractivity contribution is 0.0104. The number of nitrogens with zero attached hydrogens (tertiary/aromatic N) is 1. The number of morpholine rings is 1. The molecule has 1 aromatic rings. The molecule has 2 rings (SSSR count). The Morgan fingerprint density at radius 1 is 1.50 bits per heavy atom. The molecule has 1 fully saturated rings. The fourth-order valence-electron chi connectivity index (χ4n) is 1.94. The summed E-state index contributed by atoms with van der Waals surface area (Å²) < 4.78 is 5.58.